The van der Waals surface area contributed by atoms with Gasteiger partial charge < -0.3 is 16.4 Å². The fourth-order valence-electron chi connectivity index (χ4n) is 1.43. The van der Waals surface area contributed by atoms with Gasteiger partial charge in [-0.2, -0.15) is 0 Å². The summed E-state index contributed by atoms with van der Waals surface area (Å²) >= 11 is 0. The largest absolute Gasteiger partial charge is 0.330 e. The van der Waals surface area contributed by atoms with Crippen LogP contribution in [0.3, 0.4) is 0 Å². The lowest BCUT2D eigenvalue weighted by atomic mass is 10.1. The lowest BCUT2D eigenvalue weighted by Crippen LogP contribution is -2.29. The summed E-state index contributed by atoms with van der Waals surface area (Å²) in [5, 5.41) is 6.78. The Kier molecular flexibility index (Phi) is 13.8. The first-order valence-corrected chi connectivity index (χ1v) is 6.32. The Morgan fingerprint density at radius 2 is 1.33 bits per heavy atom. The maximum atomic E-state index is 5.39. The molecule has 0 aliphatic carbocycles. The van der Waals surface area contributed by atoms with Crippen molar-refractivity contribution >= 4 is 0 Å². The molecule has 0 atom stereocenters. The molecular weight excluding hydrogens is 186 g/mol. The van der Waals surface area contributed by atoms with E-state index >= 15 is 0 Å². The summed E-state index contributed by atoms with van der Waals surface area (Å²) in [6.45, 7) is 8.94. The van der Waals surface area contributed by atoms with Gasteiger partial charge in [0.25, 0.3) is 0 Å². The lowest BCUT2D eigenvalue weighted by Gasteiger charge is -2.05. The van der Waals surface area contributed by atoms with Gasteiger partial charge in [0.05, 0.1) is 0 Å². The molecule has 91 valence electrons. The zero-order valence-corrected chi connectivity index (χ0v) is 10.1. The molecule has 0 fully saturated rings. The zero-order chi connectivity index (χ0) is 11.2. The van der Waals surface area contributed by atoms with Gasteiger partial charge >= 0.3 is 0 Å². The lowest BCUT2D eigenvalue weighted by molar-refractivity contribution is 0.564. The quantitative estimate of drug-likeness (QED) is 0.429. The predicted molar refractivity (Wildman–Crippen MR) is 67.9 cm³/mol. The third kappa shape index (κ3) is 13.9. The third-order valence-electron chi connectivity index (χ3n) is 2.39. The maximum Gasteiger partial charge on any atom is 0.00767 e. The van der Waals surface area contributed by atoms with E-state index in [1.165, 1.54) is 25.7 Å². The molecule has 3 nitrogen and oxygen atoms in total. The molecule has 15 heavy (non-hydrogen) atoms. The van der Waals surface area contributed by atoms with Gasteiger partial charge in [-0.15, -0.1) is 0 Å². The van der Waals surface area contributed by atoms with Crippen molar-refractivity contribution in [3.8, 4) is 0 Å². The van der Waals surface area contributed by atoms with Crippen molar-refractivity contribution in [1.82, 2.24) is 10.6 Å². The first-order chi connectivity index (χ1) is 7.41. The molecule has 0 heterocycles. The molecule has 0 aromatic carbocycles. The third-order valence-corrected chi connectivity index (χ3v) is 2.39. The van der Waals surface area contributed by atoms with Crippen LogP contribution in [0.2, 0.25) is 0 Å². The highest BCUT2D eigenvalue weighted by Crippen LogP contribution is 2.00. The number of hydrogen-bond donors (Lipinski definition) is 3. The average Bonchev–Trinajstić information content (AvgIpc) is 2.26. The van der Waals surface area contributed by atoms with E-state index in [4.69, 9.17) is 5.73 Å². The van der Waals surface area contributed by atoms with Crippen LogP contribution < -0.4 is 16.4 Å². The molecule has 0 aliphatic heterocycles. The summed E-state index contributed by atoms with van der Waals surface area (Å²) in [4.78, 5) is 0. The van der Waals surface area contributed by atoms with E-state index in [0.29, 0.717) is 0 Å². The zero-order valence-electron chi connectivity index (χ0n) is 10.1. The Labute approximate surface area is 95.2 Å². The number of nitrogens with one attached hydrogen (secondary N) is 2. The smallest absolute Gasteiger partial charge is 0.00767 e. The monoisotopic (exact) mass is 214 g/mol. The van der Waals surface area contributed by atoms with Crippen LogP contribution in [-0.2, 0) is 0 Å². The van der Waals surface area contributed by atoms with Gasteiger partial charge in [-0.3, -0.25) is 0 Å². The van der Waals surface area contributed by atoms with Gasteiger partial charge in [0.2, 0.25) is 0 Å². The fourth-order valence-corrected chi connectivity index (χ4v) is 1.43. The minimum Gasteiger partial charge on any atom is -0.330 e. The SMILES string of the molecule is [CH2]CCCCCCNCCNCCCN. The van der Waals surface area contributed by atoms with Crippen LogP contribution in [0.15, 0.2) is 0 Å². The maximum absolute atomic E-state index is 5.39. The van der Waals surface area contributed by atoms with Crippen molar-refractivity contribution in [1.29, 1.82) is 0 Å². The van der Waals surface area contributed by atoms with E-state index in [9.17, 15) is 0 Å². The molecule has 0 unspecified atom stereocenters. The Hall–Kier alpha value is -0.120. The number of hydrogen-bond acceptors (Lipinski definition) is 3. The molecule has 4 N–H and O–H groups in total. The highest BCUT2D eigenvalue weighted by Gasteiger charge is 1.90. The molecule has 0 rings (SSSR count). The van der Waals surface area contributed by atoms with Crippen LogP contribution in [0, 0.1) is 6.92 Å². The van der Waals surface area contributed by atoms with Crippen LogP contribution in [0.1, 0.15) is 38.5 Å². The van der Waals surface area contributed by atoms with Gasteiger partial charge in [-0.1, -0.05) is 32.6 Å². The molecule has 0 spiro atoms. The standard InChI is InChI=1S/C12H28N3/c1-2-3-4-5-6-9-14-11-12-15-10-7-8-13/h14-15H,1-13H2. The minimum absolute atomic E-state index is 0.784. The molecule has 0 saturated carbocycles. The second-order valence-corrected chi connectivity index (χ2v) is 3.91. The van der Waals surface area contributed by atoms with Crippen LogP contribution in [-0.4, -0.2) is 32.7 Å². The van der Waals surface area contributed by atoms with Crippen molar-refractivity contribution in [2.24, 2.45) is 5.73 Å². The minimum atomic E-state index is 0.784. The summed E-state index contributed by atoms with van der Waals surface area (Å²) in [6, 6.07) is 0. The molecule has 0 aromatic heterocycles. The highest BCUT2D eigenvalue weighted by atomic mass is 14.9. The summed E-state index contributed by atoms with van der Waals surface area (Å²) in [5.74, 6) is 0. The number of unbranched alkanes of at least 4 members (excludes halogenated alkanes) is 4. The predicted octanol–water partition coefficient (Wildman–Crippen LogP) is 1.30. The Bertz CT molecular complexity index is 95.0. The summed E-state index contributed by atoms with van der Waals surface area (Å²) in [5.41, 5.74) is 5.39. The molecule has 0 amide bonds. The number of rotatable bonds is 12. The van der Waals surface area contributed by atoms with Gasteiger partial charge in [0, 0.05) is 13.1 Å². The van der Waals surface area contributed by atoms with Gasteiger partial charge in [-0.05, 0) is 32.5 Å². The molecule has 1 radical (unpaired) electrons. The Morgan fingerprint density at radius 1 is 0.733 bits per heavy atom. The summed E-state index contributed by atoms with van der Waals surface area (Å²) in [6.07, 6.45) is 7.40. The van der Waals surface area contributed by atoms with E-state index in [1.54, 1.807) is 0 Å². The van der Waals surface area contributed by atoms with Crippen molar-refractivity contribution in [3.05, 3.63) is 6.92 Å². The summed E-state index contributed by atoms with van der Waals surface area (Å²) < 4.78 is 0. The van der Waals surface area contributed by atoms with Gasteiger partial charge in [0.15, 0.2) is 0 Å². The van der Waals surface area contributed by atoms with Crippen molar-refractivity contribution in [3.63, 3.8) is 0 Å². The van der Waals surface area contributed by atoms with Crippen LogP contribution in [0.4, 0.5) is 0 Å². The Morgan fingerprint density at radius 3 is 1.93 bits per heavy atom. The van der Waals surface area contributed by atoms with Crippen molar-refractivity contribution in [2.75, 3.05) is 32.7 Å². The summed E-state index contributed by atoms with van der Waals surface area (Å²) in [7, 11) is 0. The van der Waals surface area contributed by atoms with E-state index in [0.717, 1.165) is 45.6 Å². The second-order valence-electron chi connectivity index (χ2n) is 3.91. The molecule has 3 heteroatoms. The number of nitrogens with two attached hydrogens (primary N) is 1. The van der Waals surface area contributed by atoms with Crippen molar-refractivity contribution in [2.45, 2.75) is 38.5 Å². The van der Waals surface area contributed by atoms with E-state index < -0.39 is 0 Å². The molecule has 0 bridgehead atoms. The molecule has 0 aromatic rings. The first kappa shape index (κ1) is 14.9. The van der Waals surface area contributed by atoms with E-state index in [-0.39, 0.29) is 0 Å². The molecule has 0 saturated heterocycles. The van der Waals surface area contributed by atoms with Crippen molar-refractivity contribution < 1.29 is 0 Å². The van der Waals surface area contributed by atoms with Crippen LogP contribution in [0.5, 0.6) is 0 Å². The van der Waals surface area contributed by atoms with Gasteiger partial charge in [0.1, 0.15) is 0 Å². The average molecular weight is 214 g/mol. The fraction of sp³-hybridized carbons (Fsp3) is 0.917. The first-order valence-electron chi connectivity index (χ1n) is 6.32. The normalized spacial score (nSPS) is 10.8. The van der Waals surface area contributed by atoms with E-state index in [1.807, 2.05) is 0 Å². The van der Waals surface area contributed by atoms with Crippen LogP contribution >= 0.6 is 0 Å². The van der Waals surface area contributed by atoms with Gasteiger partial charge in [-0.25, -0.2) is 0 Å². The molecule has 0 aliphatic rings. The highest BCUT2D eigenvalue weighted by molar-refractivity contribution is 4.53. The topological polar surface area (TPSA) is 50.1 Å². The Balaban J connectivity index is 2.81. The molecular formula is C12H28N3. The van der Waals surface area contributed by atoms with E-state index in [2.05, 4.69) is 17.6 Å². The van der Waals surface area contributed by atoms with Crippen LogP contribution in [0.25, 0.3) is 0 Å². The second kappa shape index (κ2) is 13.9.